The maximum atomic E-state index is 9.74. The third-order valence-corrected chi connectivity index (χ3v) is 1.57. The van der Waals surface area contributed by atoms with Gasteiger partial charge in [0, 0.05) is 5.02 Å². The Hall–Kier alpha value is -1.06. The fraction of sp³-hybridized carbons (Fsp3) is 0.125. The highest BCUT2D eigenvalue weighted by Gasteiger charge is 1.91. The van der Waals surface area contributed by atoms with Crippen molar-refractivity contribution < 1.29 is 9.63 Å². The molecule has 0 atom stereocenters. The van der Waals surface area contributed by atoms with Crippen molar-refractivity contribution in [3.63, 3.8) is 0 Å². The van der Waals surface area contributed by atoms with Crippen LogP contribution in [0.2, 0.25) is 5.02 Å². The van der Waals surface area contributed by atoms with Crippen LogP contribution in [0.4, 0.5) is 0 Å². The summed E-state index contributed by atoms with van der Waals surface area (Å²) in [7, 11) is 0. The highest BCUT2D eigenvalue weighted by molar-refractivity contribution is 6.30. The van der Waals surface area contributed by atoms with Gasteiger partial charge in [0.2, 0.25) is 0 Å². The number of hydrogen-bond acceptors (Lipinski definition) is 3. The molecule has 0 aromatic heterocycles. The van der Waals surface area contributed by atoms with Crippen LogP contribution in [0.15, 0.2) is 24.3 Å². The Morgan fingerprint density at radius 3 is 2.67 bits per heavy atom. The molecule has 0 saturated heterocycles. The topological polar surface area (TPSA) is 38.3 Å². The molecule has 0 bridgehead atoms. The third kappa shape index (κ3) is 2.90. The molecule has 0 amide bonds. The summed E-state index contributed by atoms with van der Waals surface area (Å²) in [5, 5.41) is 0.690. The zero-order chi connectivity index (χ0) is 8.81. The normalized spacial score (nSPS) is 9.42. The minimum absolute atomic E-state index is 0.343. The number of hydroxylamine groups is 1. The van der Waals surface area contributed by atoms with Gasteiger partial charge in [-0.15, -0.1) is 5.48 Å². The largest absolute Gasteiger partial charge is 0.373 e. The first-order chi connectivity index (χ1) is 5.83. The Labute approximate surface area is 75.2 Å². The van der Waals surface area contributed by atoms with Gasteiger partial charge < -0.3 is 4.84 Å². The number of benzene rings is 1. The monoisotopic (exact) mass is 185 g/mol. The summed E-state index contributed by atoms with van der Waals surface area (Å²) in [5.74, 6) is 0. The van der Waals surface area contributed by atoms with Gasteiger partial charge in [0.25, 0.3) is 0 Å². The van der Waals surface area contributed by atoms with Crippen LogP contribution in [0, 0.1) is 0 Å². The van der Waals surface area contributed by atoms with Gasteiger partial charge in [0.05, 0.1) is 6.54 Å². The van der Waals surface area contributed by atoms with Crippen molar-refractivity contribution in [3.05, 3.63) is 34.9 Å². The number of rotatable bonds is 4. The number of hydrogen-bond donors (Lipinski definition) is 1. The summed E-state index contributed by atoms with van der Waals surface area (Å²) >= 11 is 5.67. The van der Waals surface area contributed by atoms with E-state index in [2.05, 4.69) is 10.3 Å². The third-order valence-electron chi connectivity index (χ3n) is 1.32. The van der Waals surface area contributed by atoms with E-state index < -0.39 is 0 Å². The number of nitrogens with one attached hydrogen (secondary N) is 1. The first-order valence-corrected chi connectivity index (χ1v) is 3.77. The molecule has 0 aliphatic heterocycles. The van der Waals surface area contributed by atoms with Gasteiger partial charge in [-0.25, -0.2) is 0 Å². The van der Waals surface area contributed by atoms with Crippen LogP contribution in [0.1, 0.15) is 5.56 Å². The summed E-state index contributed by atoms with van der Waals surface area (Å²) in [6.07, 6.45) is 0. The summed E-state index contributed by atoms with van der Waals surface area (Å²) in [4.78, 5) is 14.0. The van der Waals surface area contributed by atoms with E-state index in [1.165, 1.54) is 0 Å². The van der Waals surface area contributed by atoms with Gasteiger partial charge in [-0.05, 0) is 17.7 Å². The molecule has 0 spiro atoms. The van der Waals surface area contributed by atoms with Crippen molar-refractivity contribution in [3.8, 4) is 0 Å². The Bertz CT molecular complexity index is 248. The van der Waals surface area contributed by atoms with Gasteiger partial charge in [0.1, 0.15) is 0 Å². The maximum Gasteiger partial charge on any atom is 0.312 e. The van der Waals surface area contributed by atoms with Gasteiger partial charge in [-0.3, -0.25) is 4.79 Å². The Morgan fingerprint density at radius 2 is 2.08 bits per heavy atom. The quantitative estimate of drug-likeness (QED) is 0.439. The highest BCUT2D eigenvalue weighted by Crippen LogP contribution is 2.08. The van der Waals surface area contributed by atoms with E-state index in [0.717, 1.165) is 5.56 Å². The lowest BCUT2D eigenvalue weighted by Gasteiger charge is -2.00. The van der Waals surface area contributed by atoms with Crippen LogP contribution in [0.25, 0.3) is 0 Å². The zero-order valence-electron chi connectivity index (χ0n) is 6.29. The molecule has 3 nitrogen and oxygen atoms in total. The van der Waals surface area contributed by atoms with Gasteiger partial charge in [-0.2, -0.15) is 0 Å². The highest BCUT2D eigenvalue weighted by atomic mass is 35.5. The lowest BCUT2D eigenvalue weighted by molar-refractivity contribution is -0.135. The SMILES string of the molecule is O=CONCc1ccc(Cl)cc1. The van der Waals surface area contributed by atoms with Crippen molar-refractivity contribution in [1.82, 2.24) is 5.48 Å². The van der Waals surface area contributed by atoms with Crippen LogP contribution in [-0.4, -0.2) is 6.47 Å². The zero-order valence-corrected chi connectivity index (χ0v) is 7.04. The predicted molar refractivity (Wildman–Crippen MR) is 45.4 cm³/mol. The van der Waals surface area contributed by atoms with E-state index >= 15 is 0 Å². The molecular formula is C8H8ClNO2. The number of carbonyl (C=O) groups excluding carboxylic acids is 1. The lowest BCUT2D eigenvalue weighted by Crippen LogP contribution is -2.12. The second-order valence-electron chi connectivity index (χ2n) is 2.16. The van der Waals surface area contributed by atoms with E-state index in [1.54, 1.807) is 12.1 Å². The Morgan fingerprint density at radius 1 is 1.42 bits per heavy atom. The summed E-state index contributed by atoms with van der Waals surface area (Å²) in [5.41, 5.74) is 3.46. The van der Waals surface area contributed by atoms with Crippen LogP contribution in [-0.2, 0) is 16.2 Å². The van der Waals surface area contributed by atoms with Crippen molar-refractivity contribution in [1.29, 1.82) is 0 Å². The Balaban J connectivity index is 2.42. The molecule has 0 aliphatic rings. The van der Waals surface area contributed by atoms with Crippen LogP contribution >= 0.6 is 11.6 Å². The number of halogens is 1. The van der Waals surface area contributed by atoms with Gasteiger partial charge >= 0.3 is 6.47 Å². The molecule has 0 unspecified atom stereocenters. The Kier molecular flexibility index (Phi) is 3.57. The first kappa shape index (κ1) is 9.03. The van der Waals surface area contributed by atoms with Crippen molar-refractivity contribution in [2.75, 3.05) is 0 Å². The van der Waals surface area contributed by atoms with Crippen molar-refractivity contribution >= 4 is 18.1 Å². The standard InChI is InChI=1S/C8H8ClNO2/c9-8-3-1-7(2-4-8)5-10-12-6-11/h1-4,6,10H,5H2. The smallest absolute Gasteiger partial charge is 0.312 e. The molecule has 0 saturated carbocycles. The van der Waals surface area contributed by atoms with E-state index in [1.807, 2.05) is 12.1 Å². The van der Waals surface area contributed by atoms with Crippen molar-refractivity contribution in [2.24, 2.45) is 0 Å². The maximum absolute atomic E-state index is 9.74. The minimum Gasteiger partial charge on any atom is -0.373 e. The van der Waals surface area contributed by atoms with E-state index in [0.29, 0.717) is 18.0 Å². The molecule has 0 heterocycles. The van der Waals surface area contributed by atoms with Crippen molar-refractivity contribution in [2.45, 2.75) is 6.54 Å². The number of carbonyl (C=O) groups is 1. The lowest BCUT2D eigenvalue weighted by atomic mass is 10.2. The van der Waals surface area contributed by atoms with E-state index in [4.69, 9.17) is 11.6 Å². The summed E-state index contributed by atoms with van der Waals surface area (Å²) in [6, 6.07) is 7.26. The average Bonchev–Trinajstić information content (AvgIpc) is 2.09. The van der Waals surface area contributed by atoms with Crippen LogP contribution in [0.5, 0.6) is 0 Å². The molecule has 1 rings (SSSR count). The average molecular weight is 186 g/mol. The molecule has 0 radical (unpaired) electrons. The molecule has 0 aliphatic carbocycles. The molecule has 12 heavy (non-hydrogen) atoms. The second kappa shape index (κ2) is 4.74. The second-order valence-corrected chi connectivity index (χ2v) is 2.60. The minimum atomic E-state index is 0.343. The van der Waals surface area contributed by atoms with Gasteiger partial charge in [-0.1, -0.05) is 23.7 Å². The van der Waals surface area contributed by atoms with E-state index in [-0.39, 0.29) is 0 Å². The molecule has 64 valence electrons. The molecular weight excluding hydrogens is 178 g/mol. The molecule has 4 heteroatoms. The summed E-state index contributed by atoms with van der Waals surface area (Å²) < 4.78 is 0. The van der Waals surface area contributed by atoms with Gasteiger partial charge in [0.15, 0.2) is 0 Å². The van der Waals surface area contributed by atoms with Crippen LogP contribution in [0.3, 0.4) is 0 Å². The predicted octanol–water partition coefficient (Wildman–Crippen LogP) is 1.52. The van der Waals surface area contributed by atoms with E-state index in [9.17, 15) is 4.79 Å². The fourth-order valence-corrected chi connectivity index (χ4v) is 0.887. The fourth-order valence-electron chi connectivity index (χ4n) is 0.761. The molecule has 1 aromatic rings. The van der Waals surface area contributed by atoms with Crippen LogP contribution < -0.4 is 5.48 Å². The first-order valence-electron chi connectivity index (χ1n) is 3.39. The molecule has 0 fully saturated rings. The summed E-state index contributed by atoms with van der Waals surface area (Å²) in [6.45, 7) is 0.825. The molecule has 1 aromatic carbocycles. The molecule has 1 N–H and O–H groups in total.